The fraction of sp³-hybridized carbons (Fsp3) is 0.500. The van der Waals surface area contributed by atoms with Crippen molar-refractivity contribution < 1.29 is 18.0 Å². The Kier molecular flexibility index (Phi) is 2.83. The average molecular weight is 271 g/mol. The van der Waals surface area contributed by atoms with E-state index in [-0.39, 0.29) is 23.7 Å². The molecule has 1 amide bonds. The van der Waals surface area contributed by atoms with Crippen LogP contribution in [0.1, 0.15) is 12.8 Å². The normalized spacial score (nSPS) is 26.3. The smallest absolute Gasteiger partial charge is 0.251 e. The Morgan fingerprint density at radius 1 is 1.32 bits per heavy atom. The molecule has 1 aromatic heterocycles. The number of carbonyl (C=O) groups excluding carboxylic acids is 1. The third kappa shape index (κ3) is 1.93. The van der Waals surface area contributed by atoms with Crippen molar-refractivity contribution in [3.05, 3.63) is 23.6 Å². The van der Waals surface area contributed by atoms with Crippen LogP contribution in [0.4, 0.5) is 19.0 Å². The van der Waals surface area contributed by atoms with Crippen molar-refractivity contribution in [3.8, 4) is 0 Å². The summed E-state index contributed by atoms with van der Waals surface area (Å²) in [6.45, 7) is 0.856. The van der Waals surface area contributed by atoms with E-state index in [1.54, 1.807) is 4.90 Å². The molecule has 102 valence electrons. The van der Waals surface area contributed by atoms with Crippen LogP contribution in [0.25, 0.3) is 0 Å². The zero-order valence-corrected chi connectivity index (χ0v) is 10.00. The number of pyridine rings is 1. The first kappa shape index (κ1) is 12.3. The highest BCUT2D eigenvalue weighted by Gasteiger charge is 2.42. The lowest BCUT2D eigenvalue weighted by Gasteiger charge is -2.36. The van der Waals surface area contributed by atoms with Gasteiger partial charge in [-0.1, -0.05) is 0 Å². The topological polar surface area (TPSA) is 45.2 Å². The van der Waals surface area contributed by atoms with E-state index < -0.39 is 17.6 Å². The number of nitrogens with zero attached hydrogens (tertiary/aromatic N) is 2. The molecule has 2 fully saturated rings. The van der Waals surface area contributed by atoms with Gasteiger partial charge in [-0.15, -0.1) is 0 Å². The van der Waals surface area contributed by atoms with Crippen molar-refractivity contribution in [1.82, 2.24) is 10.3 Å². The molecule has 2 saturated heterocycles. The van der Waals surface area contributed by atoms with E-state index in [0.717, 1.165) is 6.42 Å². The van der Waals surface area contributed by atoms with Crippen LogP contribution in [-0.4, -0.2) is 30.0 Å². The number of fused-ring (bicyclic) bond motifs is 1. The molecule has 0 spiro atoms. The summed E-state index contributed by atoms with van der Waals surface area (Å²) in [6, 6.07) is 0.249. The predicted octanol–water partition coefficient (Wildman–Crippen LogP) is 1.21. The predicted molar refractivity (Wildman–Crippen MR) is 61.0 cm³/mol. The van der Waals surface area contributed by atoms with E-state index >= 15 is 0 Å². The first-order valence-corrected chi connectivity index (χ1v) is 6.14. The van der Waals surface area contributed by atoms with Crippen LogP contribution in [0.2, 0.25) is 0 Å². The summed E-state index contributed by atoms with van der Waals surface area (Å²) >= 11 is 0. The Bertz CT molecular complexity index is 537. The molecule has 0 bridgehead atoms. The third-order valence-electron chi connectivity index (χ3n) is 3.74. The van der Waals surface area contributed by atoms with E-state index in [0.29, 0.717) is 25.6 Å². The maximum Gasteiger partial charge on any atom is 0.251 e. The van der Waals surface area contributed by atoms with Gasteiger partial charge in [0.25, 0.3) is 5.95 Å². The van der Waals surface area contributed by atoms with Crippen LogP contribution in [0.3, 0.4) is 0 Å². The summed E-state index contributed by atoms with van der Waals surface area (Å²) in [5.74, 6) is -4.06. The minimum atomic E-state index is -1.32. The van der Waals surface area contributed by atoms with Crippen LogP contribution in [0, 0.1) is 23.5 Å². The number of nitrogens with one attached hydrogen (secondary N) is 1. The molecule has 4 nitrogen and oxygen atoms in total. The summed E-state index contributed by atoms with van der Waals surface area (Å²) in [4.78, 5) is 16.5. The molecular weight excluding hydrogens is 259 g/mol. The molecule has 0 aromatic carbocycles. The summed E-state index contributed by atoms with van der Waals surface area (Å²) in [6.07, 6.45) is 1.41. The second-order valence-electron chi connectivity index (χ2n) is 4.82. The second kappa shape index (κ2) is 4.40. The summed E-state index contributed by atoms with van der Waals surface area (Å²) in [7, 11) is 0. The van der Waals surface area contributed by atoms with Crippen molar-refractivity contribution >= 4 is 11.7 Å². The highest BCUT2D eigenvalue weighted by molar-refractivity contribution is 5.83. The Balaban J connectivity index is 1.97. The second-order valence-corrected chi connectivity index (χ2v) is 4.82. The quantitative estimate of drug-likeness (QED) is 0.781. The van der Waals surface area contributed by atoms with Crippen LogP contribution in [-0.2, 0) is 4.79 Å². The van der Waals surface area contributed by atoms with Crippen LogP contribution < -0.4 is 10.2 Å². The number of anilines is 1. The average Bonchev–Trinajstić information content (AvgIpc) is 2.76. The molecule has 2 atom stereocenters. The Morgan fingerprint density at radius 2 is 2.11 bits per heavy atom. The van der Waals surface area contributed by atoms with E-state index in [4.69, 9.17) is 0 Å². The van der Waals surface area contributed by atoms with E-state index in [1.165, 1.54) is 0 Å². The lowest BCUT2D eigenvalue weighted by molar-refractivity contribution is -0.123. The first-order chi connectivity index (χ1) is 9.08. The summed E-state index contributed by atoms with van der Waals surface area (Å²) < 4.78 is 39.8. The van der Waals surface area contributed by atoms with Gasteiger partial charge in [0.15, 0.2) is 17.5 Å². The molecule has 3 rings (SSSR count). The first-order valence-electron chi connectivity index (χ1n) is 6.14. The highest BCUT2D eigenvalue weighted by atomic mass is 19.2. The van der Waals surface area contributed by atoms with Gasteiger partial charge in [0.1, 0.15) is 0 Å². The Hall–Kier alpha value is -1.79. The zero-order valence-electron chi connectivity index (χ0n) is 10.00. The maximum absolute atomic E-state index is 13.8. The molecule has 3 heterocycles. The molecule has 19 heavy (non-hydrogen) atoms. The van der Waals surface area contributed by atoms with Gasteiger partial charge >= 0.3 is 0 Å². The van der Waals surface area contributed by atoms with Gasteiger partial charge in [-0.25, -0.2) is 8.78 Å². The summed E-state index contributed by atoms with van der Waals surface area (Å²) in [5.41, 5.74) is 0. The van der Waals surface area contributed by atoms with E-state index in [9.17, 15) is 18.0 Å². The van der Waals surface area contributed by atoms with E-state index in [1.807, 2.05) is 0 Å². The molecule has 0 saturated carbocycles. The molecule has 2 aliphatic heterocycles. The molecule has 0 aliphatic carbocycles. The van der Waals surface area contributed by atoms with Gasteiger partial charge in [0.05, 0.1) is 12.0 Å². The lowest BCUT2D eigenvalue weighted by atomic mass is 9.91. The molecule has 1 aromatic rings. The molecular formula is C12H12F3N3O. The van der Waals surface area contributed by atoms with Gasteiger partial charge < -0.3 is 10.2 Å². The van der Waals surface area contributed by atoms with Crippen LogP contribution in [0.5, 0.6) is 0 Å². The third-order valence-corrected chi connectivity index (χ3v) is 3.74. The fourth-order valence-electron chi connectivity index (χ4n) is 2.85. The molecule has 2 aliphatic rings. The van der Waals surface area contributed by atoms with Gasteiger partial charge in [-0.3, -0.25) is 4.79 Å². The molecule has 2 unspecified atom stereocenters. The SMILES string of the molecule is O=C1NCC2C1CCCN2c1nc(F)c(F)cc1F. The number of hydrogen-bond donors (Lipinski definition) is 1. The molecule has 0 radical (unpaired) electrons. The number of amides is 1. The largest absolute Gasteiger partial charge is 0.354 e. The van der Waals surface area contributed by atoms with Crippen LogP contribution in [0.15, 0.2) is 6.07 Å². The highest BCUT2D eigenvalue weighted by Crippen LogP contribution is 2.32. The standard InChI is InChI=1S/C12H12F3N3O/c13-7-4-8(14)11(17-10(7)15)18-3-1-2-6-9(18)5-16-12(6)19/h4,6,9H,1-3,5H2,(H,16,19). The number of halogens is 3. The zero-order chi connectivity index (χ0) is 13.6. The van der Waals surface area contributed by atoms with Crippen molar-refractivity contribution in [2.75, 3.05) is 18.0 Å². The minimum Gasteiger partial charge on any atom is -0.354 e. The molecule has 1 N–H and O–H groups in total. The number of rotatable bonds is 1. The Morgan fingerprint density at radius 3 is 2.89 bits per heavy atom. The van der Waals surface area contributed by atoms with E-state index in [2.05, 4.69) is 10.3 Å². The number of hydrogen-bond acceptors (Lipinski definition) is 3. The lowest BCUT2D eigenvalue weighted by Crippen LogP contribution is -2.46. The van der Waals surface area contributed by atoms with Crippen LogP contribution >= 0.6 is 0 Å². The monoisotopic (exact) mass is 271 g/mol. The van der Waals surface area contributed by atoms with Gasteiger partial charge in [0.2, 0.25) is 5.91 Å². The van der Waals surface area contributed by atoms with Gasteiger partial charge in [-0.05, 0) is 12.8 Å². The van der Waals surface area contributed by atoms with Crippen molar-refractivity contribution in [2.45, 2.75) is 18.9 Å². The van der Waals surface area contributed by atoms with Crippen molar-refractivity contribution in [1.29, 1.82) is 0 Å². The van der Waals surface area contributed by atoms with Gasteiger partial charge in [0, 0.05) is 19.2 Å². The number of carbonyl (C=O) groups is 1. The fourth-order valence-corrected chi connectivity index (χ4v) is 2.85. The summed E-state index contributed by atoms with van der Waals surface area (Å²) in [5, 5.41) is 2.71. The van der Waals surface area contributed by atoms with Crippen molar-refractivity contribution in [2.24, 2.45) is 5.92 Å². The van der Waals surface area contributed by atoms with Crippen molar-refractivity contribution in [3.63, 3.8) is 0 Å². The maximum atomic E-state index is 13.8. The Labute approximate surface area is 107 Å². The number of piperidine rings is 1. The minimum absolute atomic E-state index is 0.0716. The number of aromatic nitrogens is 1. The molecule has 7 heteroatoms. The van der Waals surface area contributed by atoms with Gasteiger partial charge in [-0.2, -0.15) is 9.37 Å².